The van der Waals surface area contributed by atoms with Crippen LogP contribution in [0.25, 0.3) is 22.0 Å². The van der Waals surface area contributed by atoms with E-state index in [0.717, 1.165) is 22.0 Å². The zero-order valence-electron chi connectivity index (χ0n) is 15.4. The molecule has 4 heteroatoms. The summed E-state index contributed by atoms with van der Waals surface area (Å²) in [6.07, 6.45) is 0. The number of nitrogens with one attached hydrogen (secondary N) is 1. The standard InChI is InChI=1S/C24H19FN2O/c1-16-22(24(28)26-15-18-11-5-7-13-20(18)25)23(17-9-3-2-4-10-17)19-12-6-8-14-21(19)27-16/h2-14H,15H2,1H3,(H,26,28). The number of carbonyl (C=O) groups excluding carboxylic acids is 1. The van der Waals surface area contributed by atoms with Crippen LogP contribution in [0.3, 0.4) is 0 Å². The molecule has 0 unspecified atom stereocenters. The number of rotatable bonds is 4. The minimum Gasteiger partial charge on any atom is -0.348 e. The third-order valence-electron chi connectivity index (χ3n) is 4.76. The molecule has 0 atom stereocenters. The molecule has 4 aromatic rings. The van der Waals surface area contributed by atoms with E-state index in [9.17, 15) is 9.18 Å². The maximum absolute atomic E-state index is 13.9. The smallest absolute Gasteiger partial charge is 0.254 e. The topological polar surface area (TPSA) is 42.0 Å². The molecule has 0 fully saturated rings. The van der Waals surface area contributed by atoms with Crippen LogP contribution >= 0.6 is 0 Å². The summed E-state index contributed by atoms with van der Waals surface area (Å²) in [5, 5.41) is 3.77. The van der Waals surface area contributed by atoms with Crippen LogP contribution in [0.15, 0.2) is 78.9 Å². The fourth-order valence-electron chi connectivity index (χ4n) is 3.42. The highest BCUT2D eigenvalue weighted by Gasteiger charge is 2.20. The molecule has 1 heterocycles. The Morgan fingerprint density at radius 3 is 2.39 bits per heavy atom. The first-order valence-electron chi connectivity index (χ1n) is 9.11. The van der Waals surface area contributed by atoms with E-state index in [1.54, 1.807) is 18.2 Å². The Balaban J connectivity index is 1.81. The summed E-state index contributed by atoms with van der Waals surface area (Å²) in [7, 11) is 0. The third kappa shape index (κ3) is 3.37. The Labute approximate surface area is 162 Å². The van der Waals surface area contributed by atoms with E-state index >= 15 is 0 Å². The van der Waals surface area contributed by atoms with Crippen molar-refractivity contribution < 1.29 is 9.18 Å². The van der Waals surface area contributed by atoms with Gasteiger partial charge in [0.05, 0.1) is 16.8 Å². The van der Waals surface area contributed by atoms with E-state index in [0.29, 0.717) is 16.8 Å². The number of hydrogen-bond donors (Lipinski definition) is 1. The molecule has 1 aromatic heterocycles. The van der Waals surface area contributed by atoms with Gasteiger partial charge in [-0.15, -0.1) is 0 Å². The van der Waals surface area contributed by atoms with Crippen LogP contribution in [0.5, 0.6) is 0 Å². The number of aromatic nitrogens is 1. The van der Waals surface area contributed by atoms with Gasteiger partial charge in [-0.2, -0.15) is 0 Å². The van der Waals surface area contributed by atoms with Gasteiger partial charge in [0.1, 0.15) is 5.82 Å². The van der Waals surface area contributed by atoms with Crippen molar-refractivity contribution in [2.24, 2.45) is 0 Å². The van der Waals surface area contributed by atoms with E-state index in [1.807, 2.05) is 61.5 Å². The Morgan fingerprint density at radius 2 is 1.61 bits per heavy atom. The summed E-state index contributed by atoms with van der Waals surface area (Å²) >= 11 is 0. The SMILES string of the molecule is Cc1nc2ccccc2c(-c2ccccc2)c1C(=O)NCc1ccccc1F. The predicted octanol–water partition coefficient (Wildman–Crippen LogP) is 5.28. The first kappa shape index (κ1) is 17.9. The van der Waals surface area contributed by atoms with Gasteiger partial charge in [-0.3, -0.25) is 9.78 Å². The molecule has 1 N–H and O–H groups in total. The van der Waals surface area contributed by atoms with Crippen LogP contribution in [0.4, 0.5) is 4.39 Å². The molecule has 3 nitrogen and oxygen atoms in total. The van der Waals surface area contributed by atoms with Crippen LogP contribution in [0, 0.1) is 12.7 Å². The van der Waals surface area contributed by atoms with Gasteiger partial charge >= 0.3 is 0 Å². The van der Waals surface area contributed by atoms with Gasteiger partial charge < -0.3 is 5.32 Å². The molecule has 0 aliphatic heterocycles. The summed E-state index contributed by atoms with van der Waals surface area (Å²) in [6.45, 7) is 1.95. The third-order valence-corrected chi connectivity index (χ3v) is 4.76. The molecule has 0 spiro atoms. The number of halogens is 1. The number of pyridine rings is 1. The Kier molecular flexibility index (Phi) is 4.85. The molecular weight excluding hydrogens is 351 g/mol. The Bertz CT molecular complexity index is 1160. The maximum atomic E-state index is 13.9. The number of aryl methyl sites for hydroxylation is 1. The lowest BCUT2D eigenvalue weighted by atomic mass is 9.94. The van der Waals surface area contributed by atoms with Crippen molar-refractivity contribution in [3.63, 3.8) is 0 Å². The molecule has 0 radical (unpaired) electrons. The molecule has 1 amide bonds. The highest BCUT2D eigenvalue weighted by molar-refractivity contribution is 6.09. The molecule has 4 rings (SSSR count). The van der Waals surface area contributed by atoms with Gasteiger partial charge in [-0.05, 0) is 24.6 Å². The average molecular weight is 370 g/mol. The second kappa shape index (κ2) is 7.61. The second-order valence-electron chi connectivity index (χ2n) is 6.60. The summed E-state index contributed by atoms with van der Waals surface area (Å²) in [5.74, 6) is -0.600. The lowest BCUT2D eigenvalue weighted by Crippen LogP contribution is -2.25. The van der Waals surface area contributed by atoms with Crippen molar-refractivity contribution in [3.05, 3.63) is 102 Å². The lowest BCUT2D eigenvalue weighted by molar-refractivity contribution is 0.0950. The fourth-order valence-corrected chi connectivity index (χ4v) is 3.42. The number of hydrogen-bond acceptors (Lipinski definition) is 2. The molecule has 28 heavy (non-hydrogen) atoms. The summed E-state index contributed by atoms with van der Waals surface area (Å²) < 4.78 is 13.9. The summed E-state index contributed by atoms with van der Waals surface area (Å²) in [5.41, 5.74) is 4.23. The quantitative estimate of drug-likeness (QED) is 0.531. The van der Waals surface area contributed by atoms with Crippen LogP contribution in [-0.4, -0.2) is 10.9 Å². The number of nitrogens with zero attached hydrogens (tertiary/aromatic N) is 1. The number of amides is 1. The van der Waals surface area contributed by atoms with E-state index in [2.05, 4.69) is 10.3 Å². The van der Waals surface area contributed by atoms with Crippen LogP contribution in [-0.2, 0) is 6.54 Å². The Hall–Kier alpha value is -3.53. The average Bonchev–Trinajstić information content (AvgIpc) is 2.72. The van der Waals surface area contributed by atoms with Gasteiger partial charge in [0, 0.05) is 23.1 Å². The first-order valence-corrected chi connectivity index (χ1v) is 9.11. The van der Waals surface area contributed by atoms with Crippen molar-refractivity contribution in [2.45, 2.75) is 13.5 Å². The lowest BCUT2D eigenvalue weighted by Gasteiger charge is -2.16. The predicted molar refractivity (Wildman–Crippen MR) is 109 cm³/mol. The van der Waals surface area contributed by atoms with Crippen LogP contribution in [0.1, 0.15) is 21.6 Å². The molecule has 3 aromatic carbocycles. The maximum Gasteiger partial charge on any atom is 0.254 e. The van der Waals surface area contributed by atoms with Crippen molar-refractivity contribution in [1.82, 2.24) is 10.3 Å². The molecular formula is C24H19FN2O. The van der Waals surface area contributed by atoms with Gasteiger partial charge in [0.15, 0.2) is 0 Å². The van der Waals surface area contributed by atoms with E-state index in [-0.39, 0.29) is 18.3 Å². The minimum atomic E-state index is -0.334. The largest absolute Gasteiger partial charge is 0.348 e. The number of carbonyl (C=O) groups is 1. The van der Waals surface area contributed by atoms with Crippen LogP contribution in [0.2, 0.25) is 0 Å². The molecule has 0 aliphatic carbocycles. The van der Waals surface area contributed by atoms with Crippen LogP contribution < -0.4 is 5.32 Å². The van der Waals surface area contributed by atoms with Gasteiger partial charge in [0.25, 0.3) is 5.91 Å². The normalized spacial score (nSPS) is 10.8. The van der Waals surface area contributed by atoms with Crippen molar-refractivity contribution in [1.29, 1.82) is 0 Å². The van der Waals surface area contributed by atoms with Crippen molar-refractivity contribution in [2.75, 3.05) is 0 Å². The van der Waals surface area contributed by atoms with E-state index < -0.39 is 0 Å². The molecule has 0 saturated heterocycles. The number of para-hydroxylation sites is 1. The highest BCUT2D eigenvalue weighted by atomic mass is 19.1. The monoisotopic (exact) mass is 370 g/mol. The van der Waals surface area contributed by atoms with Gasteiger partial charge in [0.2, 0.25) is 0 Å². The first-order chi connectivity index (χ1) is 13.6. The van der Waals surface area contributed by atoms with Crippen molar-refractivity contribution >= 4 is 16.8 Å². The Morgan fingerprint density at radius 1 is 0.929 bits per heavy atom. The molecule has 0 bridgehead atoms. The van der Waals surface area contributed by atoms with E-state index in [4.69, 9.17) is 0 Å². The molecule has 0 aliphatic rings. The number of fused-ring (bicyclic) bond motifs is 1. The van der Waals surface area contributed by atoms with Gasteiger partial charge in [-0.1, -0.05) is 66.7 Å². The summed E-state index contributed by atoms with van der Waals surface area (Å²) in [6, 6.07) is 24.0. The zero-order chi connectivity index (χ0) is 19.5. The molecule has 0 saturated carbocycles. The van der Waals surface area contributed by atoms with Crippen molar-refractivity contribution in [3.8, 4) is 11.1 Å². The number of benzene rings is 3. The zero-order valence-corrected chi connectivity index (χ0v) is 15.4. The molecule has 138 valence electrons. The van der Waals surface area contributed by atoms with Gasteiger partial charge in [-0.25, -0.2) is 4.39 Å². The second-order valence-corrected chi connectivity index (χ2v) is 6.60. The minimum absolute atomic E-state index is 0.117. The fraction of sp³-hybridized carbons (Fsp3) is 0.0833. The van der Waals surface area contributed by atoms with E-state index in [1.165, 1.54) is 6.07 Å². The summed E-state index contributed by atoms with van der Waals surface area (Å²) in [4.78, 5) is 17.7. The highest BCUT2D eigenvalue weighted by Crippen LogP contribution is 2.33.